The van der Waals surface area contributed by atoms with E-state index < -0.39 is 0 Å². The molecule has 0 amide bonds. The van der Waals surface area contributed by atoms with Gasteiger partial charge in [0.1, 0.15) is 5.82 Å². The van der Waals surface area contributed by atoms with E-state index in [0.29, 0.717) is 0 Å². The van der Waals surface area contributed by atoms with E-state index in [1.807, 2.05) is 19.1 Å². The standard InChI is InChI=1S/C17H18BrFIN/c1-3-8-21-17(14-9-12(19)5-4-11(14)2)15-10-13(20)6-7-16(15)18/h4-7,9-10,17,21H,3,8H2,1-2H3. The Morgan fingerprint density at radius 2 is 1.95 bits per heavy atom. The third-order valence-corrected chi connectivity index (χ3v) is 4.81. The van der Waals surface area contributed by atoms with Gasteiger partial charge < -0.3 is 5.32 Å². The molecule has 0 aliphatic carbocycles. The molecule has 1 atom stereocenters. The summed E-state index contributed by atoms with van der Waals surface area (Å²) in [6.45, 7) is 5.04. The normalized spacial score (nSPS) is 12.4. The van der Waals surface area contributed by atoms with Crippen LogP contribution in [0.3, 0.4) is 0 Å². The molecule has 1 N–H and O–H groups in total. The number of hydrogen-bond donors (Lipinski definition) is 1. The van der Waals surface area contributed by atoms with Crippen LogP contribution in [-0.4, -0.2) is 6.54 Å². The first-order valence-electron chi connectivity index (χ1n) is 6.97. The van der Waals surface area contributed by atoms with Crippen LogP contribution in [0.5, 0.6) is 0 Å². The Morgan fingerprint density at radius 1 is 1.19 bits per heavy atom. The predicted octanol–water partition coefficient (Wildman–Crippen LogP) is 5.59. The molecule has 4 heteroatoms. The maximum absolute atomic E-state index is 13.7. The van der Waals surface area contributed by atoms with Gasteiger partial charge in [-0.1, -0.05) is 28.9 Å². The van der Waals surface area contributed by atoms with Gasteiger partial charge in [-0.3, -0.25) is 0 Å². The van der Waals surface area contributed by atoms with Gasteiger partial charge in [-0.25, -0.2) is 4.39 Å². The Kier molecular flexibility index (Phi) is 6.20. The highest BCUT2D eigenvalue weighted by molar-refractivity contribution is 14.1. The van der Waals surface area contributed by atoms with Crippen molar-refractivity contribution >= 4 is 38.5 Å². The van der Waals surface area contributed by atoms with Crippen molar-refractivity contribution in [3.8, 4) is 0 Å². The Hall–Kier alpha value is -0.460. The van der Waals surface area contributed by atoms with Gasteiger partial charge in [-0.15, -0.1) is 0 Å². The smallest absolute Gasteiger partial charge is 0.123 e. The molecule has 0 fully saturated rings. The van der Waals surface area contributed by atoms with Gasteiger partial charge in [0.2, 0.25) is 0 Å². The van der Waals surface area contributed by atoms with Gasteiger partial charge in [0.05, 0.1) is 6.04 Å². The van der Waals surface area contributed by atoms with Crippen molar-refractivity contribution < 1.29 is 4.39 Å². The van der Waals surface area contributed by atoms with E-state index in [1.54, 1.807) is 6.07 Å². The Balaban J connectivity index is 2.52. The summed E-state index contributed by atoms with van der Waals surface area (Å²) in [5, 5.41) is 3.54. The lowest BCUT2D eigenvalue weighted by molar-refractivity contribution is 0.581. The highest BCUT2D eigenvalue weighted by atomic mass is 127. The zero-order valence-corrected chi connectivity index (χ0v) is 15.8. The van der Waals surface area contributed by atoms with Crippen LogP contribution in [-0.2, 0) is 0 Å². The lowest BCUT2D eigenvalue weighted by atomic mass is 9.94. The van der Waals surface area contributed by atoms with Crippen LogP contribution >= 0.6 is 38.5 Å². The van der Waals surface area contributed by atoms with E-state index in [2.05, 4.69) is 62.9 Å². The molecule has 0 aliphatic rings. The Labute approximate surface area is 147 Å². The molecule has 0 aromatic heterocycles. The highest BCUT2D eigenvalue weighted by Crippen LogP contribution is 2.32. The first-order chi connectivity index (χ1) is 10.0. The molecule has 1 nitrogen and oxygen atoms in total. The topological polar surface area (TPSA) is 12.0 Å². The van der Waals surface area contributed by atoms with Crippen molar-refractivity contribution in [2.24, 2.45) is 0 Å². The summed E-state index contributed by atoms with van der Waals surface area (Å²) in [5.41, 5.74) is 3.23. The summed E-state index contributed by atoms with van der Waals surface area (Å²) >= 11 is 5.93. The maximum Gasteiger partial charge on any atom is 0.123 e. The predicted molar refractivity (Wildman–Crippen MR) is 98.1 cm³/mol. The minimum absolute atomic E-state index is 0.00950. The molecule has 0 aliphatic heterocycles. The van der Waals surface area contributed by atoms with Gasteiger partial charge in [0.15, 0.2) is 0 Å². The lowest BCUT2D eigenvalue weighted by Crippen LogP contribution is -2.24. The van der Waals surface area contributed by atoms with Crippen molar-refractivity contribution in [1.82, 2.24) is 5.32 Å². The fourth-order valence-electron chi connectivity index (χ4n) is 2.33. The lowest BCUT2D eigenvalue weighted by Gasteiger charge is -2.23. The van der Waals surface area contributed by atoms with Crippen molar-refractivity contribution in [3.63, 3.8) is 0 Å². The second-order valence-electron chi connectivity index (χ2n) is 5.05. The molecule has 1 unspecified atom stereocenters. The monoisotopic (exact) mass is 461 g/mol. The second-order valence-corrected chi connectivity index (χ2v) is 7.15. The van der Waals surface area contributed by atoms with Crippen molar-refractivity contribution in [2.75, 3.05) is 6.54 Å². The SMILES string of the molecule is CCCNC(c1cc(F)ccc1C)c1cc(I)ccc1Br. The average molecular weight is 462 g/mol. The Morgan fingerprint density at radius 3 is 2.67 bits per heavy atom. The van der Waals surface area contributed by atoms with Crippen LogP contribution < -0.4 is 5.32 Å². The van der Waals surface area contributed by atoms with Gasteiger partial charge in [-0.2, -0.15) is 0 Å². The number of hydrogen-bond acceptors (Lipinski definition) is 1. The Bertz CT molecular complexity index is 579. The molecule has 112 valence electrons. The molecule has 0 spiro atoms. The van der Waals surface area contributed by atoms with E-state index in [-0.39, 0.29) is 11.9 Å². The number of benzene rings is 2. The van der Waals surface area contributed by atoms with Gasteiger partial charge in [-0.05, 0) is 89.5 Å². The maximum atomic E-state index is 13.7. The summed E-state index contributed by atoms with van der Waals surface area (Å²) in [7, 11) is 0. The number of nitrogens with one attached hydrogen (secondary N) is 1. The van der Waals surface area contributed by atoms with E-state index in [1.165, 1.54) is 9.64 Å². The molecule has 0 bridgehead atoms. The van der Waals surface area contributed by atoms with Gasteiger partial charge in [0, 0.05) is 8.04 Å². The first kappa shape index (κ1) is 16.9. The van der Waals surface area contributed by atoms with Crippen LogP contribution in [0.25, 0.3) is 0 Å². The second kappa shape index (κ2) is 7.70. The number of halogens is 3. The first-order valence-corrected chi connectivity index (χ1v) is 8.84. The van der Waals surface area contributed by atoms with E-state index in [9.17, 15) is 4.39 Å². The molecule has 0 saturated carbocycles. The molecule has 0 heterocycles. The molecular formula is C17H18BrFIN. The minimum atomic E-state index is -0.194. The third-order valence-electron chi connectivity index (χ3n) is 3.42. The summed E-state index contributed by atoms with van der Waals surface area (Å²) in [5.74, 6) is -0.194. The van der Waals surface area contributed by atoms with Crippen LogP contribution in [0.1, 0.15) is 36.1 Å². The highest BCUT2D eigenvalue weighted by Gasteiger charge is 2.19. The third kappa shape index (κ3) is 4.27. The van der Waals surface area contributed by atoms with E-state index in [4.69, 9.17) is 0 Å². The van der Waals surface area contributed by atoms with Crippen LogP contribution in [0.2, 0.25) is 0 Å². The number of rotatable bonds is 5. The van der Waals surface area contributed by atoms with Gasteiger partial charge in [0.25, 0.3) is 0 Å². The van der Waals surface area contributed by atoms with Gasteiger partial charge >= 0.3 is 0 Å². The van der Waals surface area contributed by atoms with Crippen LogP contribution in [0, 0.1) is 16.3 Å². The summed E-state index contributed by atoms with van der Waals surface area (Å²) in [4.78, 5) is 0. The van der Waals surface area contributed by atoms with Crippen molar-refractivity contribution in [2.45, 2.75) is 26.3 Å². The largest absolute Gasteiger partial charge is 0.306 e. The van der Waals surface area contributed by atoms with E-state index >= 15 is 0 Å². The molecule has 0 radical (unpaired) electrons. The van der Waals surface area contributed by atoms with Crippen LogP contribution in [0.15, 0.2) is 40.9 Å². The van der Waals surface area contributed by atoms with Crippen LogP contribution in [0.4, 0.5) is 4.39 Å². The molecule has 21 heavy (non-hydrogen) atoms. The summed E-state index contributed by atoms with van der Waals surface area (Å²) in [6, 6.07) is 11.2. The molecule has 2 aromatic carbocycles. The summed E-state index contributed by atoms with van der Waals surface area (Å²) in [6.07, 6.45) is 1.03. The molecule has 2 rings (SSSR count). The average Bonchev–Trinajstić information content (AvgIpc) is 2.46. The zero-order chi connectivity index (χ0) is 15.4. The quantitative estimate of drug-likeness (QED) is 0.572. The molecular weight excluding hydrogens is 444 g/mol. The molecule has 2 aromatic rings. The fourth-order valence-corrected chi connectivity index (χ4v) is 3.33. The molecule has 0 saturated heterocycles. The number of aryl methyl sites for hydroxylation is 1. The zero-order valence-electron chi connectivity index (χ0n) is 12.1. The minimum Gasteiger partial charge on any atom is -0.306 e. The van der Waals surface area contributed by atoms with Crippen molar-refractivity contribution in [3.05, 3.63) is 66.9 Å². The van der Waals surface area contributed by atoms with Crippen molar-refractivity contribution in [1.29, 1.82) is 0 Å². The fraction of sp³-hybridized carbons (Fsp3) is 0.294. The summed E-state index contributed by atoms with van der Waals surface area (Å²) < 4.78 is 15.9. The van der Waals surface area contributed by atoms with E-state index in [0.717, 1.165) is 34.1 Å².